The first kappa shape index (κ1) is 17.9. The number of nitrogens with zero attached hydrogens (tertiary/aromatic N) is 2. The van der Waals surface area contributed by atoms with E-state index in [4.69, 9.17) is 11.0 Å². The Bertz CT molecular complexity index is 129. The van der Waals surface area contributed by atoms with E-state index in [1.54, 1.807) is 6.92 Å². The molecule has 0 bridgehead atoms. The van der Waals surface area contributed by atoms with Gasteiger partial charge in [0.15, 0.2) is 0 Å². The van der Waals surface area contributed by atoms with Gasteiger partial charge in [0.05, 0.1) is 0 Å². The van der Waals surface area contributed by atoms with E-state index in [0.29, 0.717) is 5.84 Å². The largest absolute Gasteiger partial charge is 0.387 e. The van der Waals surface area contributed by atoms with Crippen molar-refractivity contribution in [2.24, 2.45) is 16.5 Å². The Balaban J connectivity index is -0.000000131. The molecule has 0 radical (unpaired) electrons. The first-order chi connectivity index (χ1) is 6.18. The predicted molar refractivity (Wildman–Crippen MR) is 58.2 cm³/mol. The molecule has 13 heavy (non-hydrogen) atoms. The maximum atomic E-state index is 7.72. The third-order valence-electron chi connectivity index (χ3n) is 0.933. The summed E-state index contributed by atoms with van der Waals surface area (Å²) in [6, 6.07) is 0. The minimum absolute atomic E-state index is 0.303. The standard InChI is InChI=1S/C5H12.C3H5N3.CH5N/c1-3-5-4-2;1-3(5)6-2-4;1-2/h3-5H2,1-2H3;1H3,(H2,5,6);2H2,1H3. The summed E-state index contributed by atoms with van der Waals surface area (Å²) in [5.41, 5.74) is 9.43. The van der Waals surface area contributed by atoms with Gasteiger partial charge >= 0.3 is 0 Å². The van der Waals surface area contributed by atoms with Crippen LogP contribution in [0.2, 0.25) is 0 Å². The maximum Gasteiger partial charge on any atom is 0.207 e. The predicted octanol–water partition coefficient (Wildman–Crippen LogP) is 1.62. The zero-order valence-electron chi connectivity index (χ0n) is 9.17. The summed E-state index contributed by atoms with van der Waals surface area (Å²) in [6.07, 6.45) is 5.61. The highest BCUT2D eigenvalue weighted by Crippen LogP contribution is 1.88. The van der Waals surface area contributed by atoms with Crippen molar-refractivity contribution >= 4 is 5.84 Å². The molecule has 0 spiro atoms. The van der Waals surface area contributed by atoms with Crippen molar-refractivity contribution < 1.29 is 0 Å². The quantitative estimate of drug-likeness (QED) is 0.390. The van der Waals surface area contributed by atoms with Gasteiger partial charge in [0, 0.05) is 0 Å². The highest BCUT2D eigenvalue weighted by molar-refractivity contribution is 5.78. The third-order valence-corrected chi connectivity index (χ3v) is 0.933. The number of hydrogen-bond acceptors (Lipinski definition) is 3. The lowest BCUT2D eigenvalue weighted by Gasteiger charge is -1.79. The van der Waals surface area contributed by atoms with Crippen LogP contribution in [0.1, 0.15) is 40.0 Å². The number of amidine groups is 1. The topological polar surface area (TPSA) is 88.2 Å². The first-order valence-corrected chi connectivity index (χ1v) is 4.45. The van der Waals surface area contributed by atoms with Gasteiger partial charge in [-0.2, -0.15) is 10.3 Å². The third kappa shape index (κ3) is 56.5. The van der Waals surface area contributed by atoms with Gasteiger partial charge in [0.1, 0.15) is 5.84 Å². The number of aliphatic imine (C=N–C) groups is 1. The number of unbranched alkanes of at least 4 members (excludes halogenated alkanes) is 2. The molecular formula is C9H22N4. The Kier molecular flexibility index (Phi) is 30.8. The molecule has 0 atom stereocenters. The van der Waals surface area contributed by atoms with Crippen molar-refractivity contribution in [2.75, 3.05) is 7.05 Å². The molecule has 0 amide bonds. The lowest BCUT2D eigenvalue weighted by atomic mass is 10.3. The number of nitriles is 1. The van der Waals surface area contributed by atoms with Crippen LogP contribution in [0.25, 0.3) is 0 Å². The Morgan fingerprint density at radius 3 is 1.69 bits per heavy atom. The molecular weight excluding hydrogens is 164 g/mol. The molecule has 0 unspecified atom stereocenters. The van der Waals surface area contributed by atoms with E-state index in [9.17, 15) is 0 Å². The van der Waals surface area contributed by atoms with Crippen LogP contribution >= 0.6 is 0 Å². The van der Waals surface area contributed by atoms with E-state index in [-0.39, 0.29) is 0 Å². The molecule has 0 aromatic heterocycles. The van der Waals surface area contributed by atoms with Crippen LogP contribution in [-0.2, 0) is 0 Å². The molecule has 0 aliphatic heterocycles. The Labute approximate surface area is 81.6 Å². The highest BCUT2D eigenvalue weighted by atomic mass is 14.8. The summed E-state index contributed by atoms with van der Waals surface area (Å²) in [6.45, 7) is 5.98. The fraction of sp³-hybridized carbons (Fsp3) is 0.778. The lowest BCUT2D eigenvalue weighted by molar-refractivity contribution is 0.772. The van der Waals surface area contributed by atoms with Gasteiger partial charge < -0.3 is 11.5 Å². The van der Waals surface area contributed by atoms with Crippen LogP contribution in [-0.4, -0.2) is 12.9 Å². The van der Waals surface area contributed by atoms with E-state index in [1.165, 1.54) is 32.5 Å². The molecule has 0 aliphatic carbocycles. The van der Waals surface area contributed by atoms with Crippen LogP contribution in [0.4, 0.5) is 0 Å². The second-order valence-corrected chi connectivity index (χ2v) is 2.21. The fourth-order valence-electron chi connectivity index (χ4n) is 0.432. The minimum Gasteiger partial charge on any atom is -0.387 e. The summed E-state index contributed by atoms with van der Waals surface area (Å²) >= 11 is 0. The average Bonchev–Trinajstić information content (AvgIpc) is 2.10. The molecule has 0 aliphatic rings. The van der Waals surface area contributed by atoms with E-state index in [2.05, 4.69) is 24.6 Å². The first-order valence-electron chi connectivity index (χ1n) is 4.45. The zero-order valence-corrected chi connectivity index (χ0v) is 9.17. The smallest absolute Gasteiger partial charge is 0.207 e. The van der Waals surface area contributed by atoms with E-state index >= 15 is 0 Å². The SMILES string of the molecule is CC(N)=NC#N.CCCCC.CN. The average molecular weight is 186 g/mol. The van der Waals surface area contributed by atoms with Crippen molar-refractivity contribution in [1.82, 2.24) is 0 Å². The van der Waals surface area contributed by atoms with Gasteiger partial charge in [-0.25, -0.2) is 0 Å². The summed E-state index contributed by atoms with van der Waals surface area (Å²) in [4.78, 5) is 3.12. The number of hydrogen-bond donors (Lipinski definition) is 2. The fourth-order valence-corrected chi connectivity index (χ4v) is 0.432. The van der Waals surface area contributed by atoms with Gasteiger partial charge in [-0.05, 0) is 14.0 Å². The Morgan fingerprint density at radius 1 is 1.31 bits per heavy atom. The van der Waals surface area contributed by atoms with Crippen LogP contribution in [0.5, 0.6) is 0 Å². The summed E-state index contributed by atoms with van der Waals surface area (Å²) in [5, 5.41) is 7.72. The van der Waals surface area contributed by atoms with Crippen molar-refractivity contribution in [2.45, 2.75) is 40.0 Å². The van der Waals surface area contributed by atoms with Crippen LogP contribution in [0.15, 0.2) is 4.99 Å². The summed E-state index contributed by atoms with van der Waals surface area (Å²) in [5.74, 6) is 0.303. The van der Waals surface area contributed by atoms with Gasteiger partial charge in [0.2, 0.25) is 6.19 Å². The maximum absolute atomic E-state index is 7.72. The highest BCUT2D eigenvalue weighted by Gasteiger charge is 1.68. The number of nitrogens with two attached hydrogens (primary N) is 2. The van der Waals surface area contributed by atoms with Crippen LogP contribution < -0.4 is 11.5 Å². The van der Waals surface area contributed by atoms with Gasteiger partial charge in [-0.15, -0.1) is 0 Å². The van der Waals surface area contributed by atoms with Crippen molar-refractivity contribution in [3.8, 4) is 6.19 Å². The number of rotatable bonds is 2. The van der Waals surface area contributed by atoms with Gasteiger partial charge in [-0.1, -0.05) is 33.1 Å². The van der Waals surface area contributed by atoms with Crippen molar-refractivity contribution in [3.05, 3.63) is 0 Å². The van der Waals surface area contributed by atoms with Crippen molar-refractivity contribution in [1.29, 1.82) is 5.26 Å². The Hall–Kier alpha value is -1.08. The lowest BCUT2D eigenvalue weighted by Crippen LogP contribution is -2.03. The monoisotopic (exact) mass is 186 g/mol. The second-order valence-electron chi connectivity index (χ2n) is 2.21. The zero-order chi connectivity index (χ0) is 11.1. The second kappa shape index (κ2) is 22.4. The van der Waals surface area contributed by atoms with E-state index < -0.39 is 0 Å². The molecule has 0 heterocycles. The normalized spacial score (nSPS) is 8.46. The van der Waals surface area contributed by atoms with Crippen LogP contribution in [0.3, 0.4) is 0 Å². The van der Waals surface area contributed by atoms with Crippen molar-refractivity contribution in [3.63, 3.8) is 0 Å². The molecule has 0 saturated carbocycles. The molecule has 0 rings (SSSR count). The van der Waals surface area contributed by atoms with E-state index in [0.717, 1.165) is 0 Å². The molecule has 0 saturated heterocycles. The molecule has 4 heteroatoms. The molecule has 0 fully saturated rings. The molecule has 78 valence electrons. The minimum atomic E-state index is 0.303. The Morgan fingerprint density at radius 2 is 1.69 bits per heavy atom. The molecule has 4 N–H and O–H groups in total. The van der Waals surface area contributed by atoms with Crippen LogP contribution in [0, 0.1) is 11.5 Å². The summed E-state index contributed by atoms with van der Waals surface area (Å²) < 4.78 is 0. The molecule has 0 aromatic rings. The van der Waals surface area contributed by atoms with Gasteiger partial charge in [0.25, 0.3) is 0 Å². The summed E-state index contributed by atoms with van der Waals surface area (Å²) in [7, 11) is 1.50. The molecule has 4 nitrogen and oxygen atoms in total. The molecule has 0 aromatic carbocycles. The van der Waals surface area contributed by atoms with E-state index in [1.807, 2.05) is 0 Å². The van der Waals surface area contributed by atoms with Gasteiger partial charge in [-0.3, -0.25) is 0 Å².